The summed E-state index contributed by atoms with van der Waals surface area (Å²) in [6.45, 7) is 0.431. The van der Waals surface area contributed by atoms with Crippen molar-refractivity contribution in [1.29, 1.82) is 0 Å². The van der Waals surface area contributed by atoms with Crippen molar-refractivity contribution in [3.05, 3.63) is 76.8 Å². The Morgan fingerprint density at radius 2 is 1.59 bits per heavy atom. The van der Waals surface area contributed by atoms with Gasteiger partial charge < -0.3 is 24.8 Å². The van der Waals surface area contributed by atoms with Crippen molar-refractivity contribution < 1.29 is 32.2 Å². The van der Waals surface area contributed by atoms with Gasteiger partial charge in [0.25, 0.3) is 5.91 Å². The number of amides is 2. The minimum atomic E-state index is -3.63. The second-order valence-electron chi connectivity index (χ2n) is 9.05. The highest BCUT2D eigenvalue weighted by Crippen LogP contribution is 2.30. The first-order valence-electron chi connectivity index (χ1n) is 12.8. The number of hydrogen-bond donors (Lipinski definition) is 2. The van der Waals surface area contributed by atoms with Gasteiger partial charge in [-0.25, -0.2) is 8.42 Å². The van der Waals surface area contributed by atoms with Gasteiger partial charge in [0.1, 0.15) is 5.75 Å². The van der Waals surface area contributed by atoms with Crippen molar-refractivity contribution in [1.82, 2.24) is 5.32 Å². The van der Waals surface area contributed by atoms with E-state index in [0.29, 0.717) is 47.2 Å². The molecule has 0 unspecified atom stereocenters. The van der Waals surface area contributed by atoms with Gasteiger partial charge in [0, 0.05) is 19.5 Å². The lowest BCUT2D eigenvalue weighted by atomic mass is 10.1. The average molecular weight is 604 g/mol. The number of carbonyl (C=O) groups excluding carboxylic acids is 2. The summed E-state index contributed by atoms with van der Waals surface area (Å²) >= 11 is 6.17. The molecule has 0 atom stereocenters. The Morgan fingerprint density at radius 3 is 2.24 bits per heavy atom. The van der Waals surface area contributed by atoms with Crippen LogP contribution in [0.1, 0.15) is 28.8 Å². The van der Waals surface area contributed by atoms with Crippen molar-refractivity contribution in [3.63, 3.8) is 0 Å². The Labute approximate surface area is 245 Å². The molecule has 2 amide bonds. The van der Waals surface area contributed by atoms with Crippen LogP contribution in [0.5, 0.6) is 17.2 Å². The molecule has 12 heteroatoms. The molecule has 0 spiro atoms. The number of ether oxygens (including phenoxy) is 3. The standard InChI is InChI=1S/C29H34ClN3O7S/c1-38-25-14-12-21(19-23(25)30)33(41(4,36)37)17-7-10-28(34)32-24-9-6-5-8-22(24)29(35)31-16-15-20-11-13-26(39-2)27(18-20)40-3/h5-6,8-9,11-14,18-19H,7,10,15-17H2,1-4H3,(H,31,35)(H,32,34). The molecule has 41 heavy (non-hydrogen) atoms. The number of nitrogens with zero attached hydrogens (tertiary/aromatic N) is 1. The summed E-state index contributed by atoms with van der Waals surface area (Å²) in [4.78, 5) is 25.6. The zero-order chi connectivity index (χ0) is 30.0. The van der Waals surface area contributed by atoms with E-state index in [1.165, 1.54) is 17.5 Å². The van der Waals surface area contributed by atoms with E-state index in [2.05, 4.69) is 10.6 Å². The Morgan fingerprint density at radius 1 is 0.902 bits per heavy atom. The predicted octanol–water partition coefficient (Wildman–Crippen LogP) is 4.52. The van der Waals surface area contributed by atoms with Crippen molar-refractivity contribution in [2.75, 3.05) is 50.3 Å². The van der Waals surface area contributed by atoms with Crippen molar-refractivity contribution in [2.45, 2.75) is 19.3 Å². The summed E-state index contributed by atoms with van der Waals surface area (Å²) in [5.74, 6) is 0.973. The van der Waals surface area contributed by atoms with Gasteiger partial charge in [-0.1, -0.05) is 29.8 Å². The number of benzene rings is 3. The number of carbonyl (C=O) groups is 2. The van der Waals surface area contributed by atoms with Crippen LogP contribution in [0.25, 0.3) is 0 Å². The molecule has 220 valence electrons. The highest BCUT2D eigenvalue weighted by molar-refractivity contribution is 7.92. The van der Waals surface area contributed by atoms with Crippen LogP contribution in [-0.2, 0) is 21.2 Å². The van der Waals surface area contributed by atoms with E-state index in [1.807, 2.05) is 18.2 Å². The van der Waals surface area contributed by atoms with E-state index >= 15 is 0 Å². The van der Waals surface area contributed by atoms with Gasteiger partial charge in [-0.15, -0.1) is 0 Å². The summed E-state index contributed by atoms with van der Waals surface area (Å²) in [5.41, 5.74) is 2.01. The van der Waals surface area contributed by atoms with E-state index < -0.39 is 10.0 Å². The third kappa shape index (κ3) is 8.76. The Kier molecular flexibility index (Phi) is 11.2. The van der Waals surface area contributed by atoms with Gasteiger partial charge in [0.15, 0.2) is 11.5 Å². The summed E-state index contributed by atoms with van der Waals surface area (Å²) in [5, 5.41) is 5.92. The van der Waals surface area contributed by atoms with Crippen LogP contribution in [0.15, 0.2) is 60.7 Å². The van der Waals surface area contributed by atoms with Crippen LogP contribution in [0, 0.1) is 0 Å². The van der Waals surface area contributed by atoms with Crippen molar-refractivity contribution in [2.24, 2.45) is 0 Å². The lowest BCUT2D eigenvalue weighted by molar-refractivity contribution is -0.116. The molecular formula is C29H34ClN3O7S. The van der Waals surface area contributed by atoms with Crippen molar-refractivity contribution in [3.8, 4) is 17.2 Å². The molecular weight excluding hydrogens is 570 g/mol. The summed E-state index contributed by atoms with van der Waals surface area (Å²) in [6.07, 6.45) is 1.93. The summed E-state index contributed by atoms with van der Waals surface area (Å²) in [6, 6.07) is 16.9. The molecule has 0 bridgehead atoms. The van der Waals surface area contributed by atoms with Crippen LogP contribution in [-0.4, -0.2) is 60.9 Å². The molecule has 3 aromatic rings. The molecule has 0 saturated carbocycles. The fourth-order valence-electron chi connectivity index (χ4n) is 4.13. The molecule has 0 aliphatic carbocycles. The monoisotopic (exact) mass is 603 g/mol. The normalized spacial score (nSPS) is 11.0. The molecule has 2 N–H and O–H groups in total. The van der Waals surface area contributed by atoms with Gasteiger partial charge in [0.2, 0.25) is 15.9 Å². The molecule has 3 aromatic carbocycles. The topological polar surface area (TPSA) is 123 Å². The van der Waals surface area contributed by atoms with Crippen LogP contribution >= 0.6 is 11.6 Å². The van der Waals surface area contributed by atoms with E-state index in [9.17, 15) is 18.0 Å². The lowest BCUT2D eigenvalue weighted by Gasteiger charge is -2.23. The van der Waals surface area contributed by atoms with Gasteiger partial charge in [-0.05, 0) is 60.9 Å². The number of methoxy groups -OCH3 is 3. The number of hydrogen-bond acceptors (Lipinski definition) is 7. The minimum Gasteiger partial charge on any atom is -0.495 e. The molecule has 0 radical (unpaired) electrons. The summed E-state index contributed by atoms with van der Waals surface area (Å²) in [7, 11) is 0.968. The van der Waals surface area contributed by atoms with E-state index in [0.717, 1.165) is 11.8 Å². The highest BCUT2D eigenvalue weighted by Gasteiger charge is 2.20. The van der Waals surface area contributed by atoms with Gasteiger partial charge >= 0.3 is 0 Å². The number of para-hydroxylation sites is 1. The zero-order valence-electron chi connectivity index (χ0n) is 23.4. The Balaban J connectivity index is 1.57. The van der Waals surface area contributed by atoms with Gasteiger partial charge in [0.05, 0.1) is 49.5 Å². The molecule has 0 aliphatic heterocycles. The molecule has 3 rings (SSSR count). The molecule has 0 fully saturated rings. The SMILES string of the molecule is COc1ccc(N(CCCC(=O)Nc2ccccc2C(=O)NCCc2ccc(OC)c(OC)c2)S(C)(=O)=O)cc1Cl. The van der Waals surface area contributed by atoms with Crippen LogP contribution in [0.4, 0.5) is 11.4 Å². The van der Waals surface area contributed by atoms with Crippen LogP contribution in [0.2, 0.25) is 5.02 Å². The maximum atomic E-state index is 12.9. The van der Waals surface area contributed by atoms with Gasteiger partial charge in [-0.2, -0.15) is 0 Å². The third-order valence-electron chi connectivity index (χ3n) is 6.18. The molecule has 10 nitrogen and oxygen atoms in total. The summed E-state index contributed by atoms with van der Waals surface area (Å²) < 4.78 is 41.7. The first kappa shape index (κ1) is 31.6. The second-order valence-corrected chi connectivity index (χ2v) is 11.4. The first-order chi connectivity index (χ1) is 19.6. The maximum Gasteiger partial charge on any atom is 0.253 e. The number of sulfonamides is 1. The fourth-order valence-corrected chi connectivity index (χ4v) is 5.34. The fraction of sp³-hybridized carbons (Fsp3) is 0.310. The van der Waals surface area contributed by atoms with E-state index in [-0.39, 0.29) is 36.2 Å². The van der Waals surface area contributed by atoms with E-state index in [1.54, 1.807) is 50.6 Å². The number of halogens is 1. The molecule has 0 saturated heterocycles. The Bertz CT molecular complexity index is 1480. The van der Waals surface area contributed by atoms with Crippen LogP contribution in [0.3, 0.4) is 0 Å². The average Bonchev–Trinajstić information content (AvgIpc) is 2.94. The van der Waals surface area contributed by atoms with Crippen molar-refractivity contribution >= 4 is 44.8 Å². The molecule has 0 heterocycles. The quantitative estimate of drug-likeness (QED) is 0.278. The molecule has 0 aliphatic rings. The maximum absolute atomic E-state index is 12.9. The lowest BCUT2D eigenvalue weighted by Crippen LogP contribution is -2.31. The van der Waals surface area contributed by atoms with Crippen LogP contribution < -0.4 is 29.1 Å². The largest absolute Gasteiger partial charge is 0.495 e. The second kappa shape index (κ2) is 14.6. The first-order valence-corrected chi connectivity index (χ1v) is 15.0. The molecule has 0 aromatic heterocycles. The Hall–Kier alpha value is -3.96. The number of rotatable bonds is 14. The zero-order valence-corrected chi connectivity index (χ0v) is 25.0. The predicted molar refractivity (Wildman–Crippen MR) is 160 cm³/mol. The third-order valence-corrected chi connectivity index (χ3v) is 7.67. The van der Waals surface area contributed by atoms with E-state index in [4.69, 9.17) is 25.8 Å². The highest BCUT2D eigenvalue weighted by atomic mass is 35.5. The number of nitrogens with one attached hydrogen (secondary N) is 2. The minimum absolute atomic E-state index is 0.0329. The number of anilines is 2. The smallest absolute Gasteiger partial charge is 0.253 e. The van der Waals surface area contributed by atoms with Gasteiger partial charge in [-0.3, -0.25) is 13.9 Å².